The summed E-state index contributed by atoms with van der Waals surface area (Å²) in [5.74, 6) is -0.320. The topological polar surface area (TPSA) is 91.3 Å². The van der Waals surface area contributed by atoms with E-state index in [0.717, 1.165) is 10.7 Å². The molecule has 1 aromatic heterocycles. The number of urea groups is 1. The zero-order chi connectivity index (χ0) is 15.0. The monoisotopic (exact) mass is 317 g/mol. The molecule has 6 nitrogen and oxygen atoms in total. The Morgan fingerprint density at radius 3 is 2.85 bits per heavy atom. The summed E-state index contributed by atoms with van der Waals surface area (Å²) in [7, 11) is 0. The normalized spacial score (nSPS) is 11.9. The summed E-state index contributed by atoms with van der Waals surface area (Å²) < 4.78 is 0. The van der Waals surface area contributed by atoms with Gasteiger partial charge in [-0.2, -0.15) is 11.8 Å². The van der Waals surface area contributed by atoms with Crippen molar-refractivity contribution in [3.63, 3.8) is 0 Å². The fourth-order valence-corrected chi connectivity index (χ4v) is 2.65. The van der Waals surface area contributed by atoms with Gasteiger partial charge < -0.3 is 15.7 Å². The Morgan fingerprint density at radius 2 is 2.30 bits per heavy atom. The van der Waals surface area contributed by atoms with Crippen LogP contribution in [0.4, 0.5) is 4.79 Å². The molecule has 8 heteroatoms. The first kappa shape index (κ1) is 16.8. The molecule has 0 aliphatic rings. The van der Waals surface area contributed by atoms with E-state index in [4.69, 9.17) is 5.11 Å². The van der Waals surface area contributed by atoms with Crippen LogP contribution in [0.25, 0.3) is 0 Å². The number of aliphatic carboxylic acids is 1. The van der Waals surface area contributed by atoms with Crippen LogP contribution in [0, 0.1) is 6.92 Å². The molecule has 2 amide bonds. The number of carboxylic acids is 1. The van der Waals surface area contributed by atoms with Crippen molar-refractivity contribution in [1.82, 2.24) is 15.6 Å². The average molecular weight is 317 g/mol. The highest BCUT2D eigenvalue weighted by Gasteiger charge is 2.18. The number of aryl methyl sites for hydroxylation is 1. The van der Waals surface area contributed by atoms with E-state index in [0.29, 0.717) is 25.1 Å². The number of hydrogen-bond acceptors (Lipinski definition) is 5. The average Bonchev–Trinajstić information content (AvgIpc) is 2.80. The van der Waals surface area contributed by atoms with Crippen molar-refractivity contribution >= 4 is 35.1 Å². The molecule has 0 bridgehead atoms. The quantitative estimate of drug-likeness (QED) is 0.676. The van der Waals surface area contributed by atoms with Gasteiger partial charge in [0.2, 0.25) is 0 Å². The second-order valence-electron chi connectivity index (χ2n) is 4.18. The maximum absolute atomic E-state index is 11.6. The highest BCUT2D eigenvalue weighted by molar-refractivity contribution is 7.98. The number of thioether (sulfide) groups is 1. The van der Waals surface area contributed by atoms with Crippen molar-refractivity contribution < 1.29 is 14.7 Å². The van der Waals surface area contributed by atoms with Crippen molar-refractivity contribution in [3.05, 3.63) is 16.1 Å². The summed E-state index contributed by atoms with van der Waals surface area (Å²) in [5, 5.41) is 17.0. The first-order valence-corrected chi connectivity index (χ1v) is 8.47. The molecule has 3 N–H and O–H groups in total. The van der Waals surface area contributed by atoms with E-state index in [-0.39, 0.29) is 0 Å². The summed E-state index contributed by atoms with van der Waals surface area (Å²) in [6.07, 6.45) is 2.95. The molecule has 1 unspecified atom stereocenters. The van der Waals surface area contributed by atoms with Crippen molar-refractivity contribution in [1.29, 1.82) is 0 Å². The Bertz CT molecular complexity index is 451. The molecule has 1 heterocycles. The molecule has 0 fully saturated rings. The van der Waals surface area contributed by atoms with E-state index in [1.54, 1.807) is 23.1 Å². The van der Waals surface area contributed by atoms with Crippen LogP contribution in [0.3, 0.4) is 0 Å². The van der Waals surface area contributed by atoms with Crippen LogP contribution in [0.15, 0.2) is 5.38 Å². The van der Waals surface area contributed by atoms with Crippen molar-refractivity contribution in [3.8, 4) is 0 Å². The van der Waals surface area contributed by atoms with E-state index in [9.17, 15) is 9.59 Å². The third-order valence-electron chi connectivity index (χ3n) is 2.55. The Balaban J connectivity index is 2.28. The van der Waals surface area contributed by atoms with Gasteiger partial charge in [0, 0.05) is 18.3 Å². The van der Waals surface area contributed by atoms with Gasteiger partial charge in [-0.05, 0) is 25.4 Å². The minimum atomic E-state index is -1.01. The predicted octanol–water partition coefficient (Wildman–Crippen LogP) is 1.50. The van der Waals surface area contributed by atoms with Gasteiger partial charge in [0.05, 0.1) is 10.7 Å². The van der Waals surface area contributed by atoms with E-state index >= 15 is 0 Å². The summed E-state index contributed by atoms with van der Waals surface area (Å²) >= 11 is 3.12. The number of carbonyl (C=O) groups excluding carboxylic acids is 1. The van der Waals surface area contributed by atoms with Crippen LogP contribution in [0.1, 0.15) is 17.1 Å². The molecule has 1 atom stereocenters. The molecule has 0 aliphatic heterocycles. The zero-order valence-electron chi connectivity index (χ0n) is 11.5. The van der Waals surface area contributed by atoms with Crippen LogP contribution in [-0.4, -0.2) is 46.7 Å². The summed E-state index contributed by atoms with van der Waals surface area (Å²) in [6, 6.07) is -1.30. The number of hydrogen-bond donors (Lipinski definition) is 3. The maximum Gasteiger partial charge on any atom is 0.326 e. The molecular formula is C12H19N3O3S2. The van der Waals surface area contributed by atoms with Crippen LogP contribution in [0.5, 0.6) is 0 Å². The zero-order valence-corrected chi connectivity index (χ0v) is 13.1. The fraction of sp³-hybridized carbons (Fsp3) is 0.583. The molecule has 0 aliphatic carbocycles. The minimum Gasteiger partial charge on any atom is -0.480 e. The molecule has 1 rings (SSSR count). The number of carbonyl (C=O) groups is 2. The number of rotatable bonds is 8. The van der Waals surface area contributed by atoms with Crippen LogP contribution < -0.4 is 10.6 Å². The third kappa shape index (κ3) is 6.25. The van der Waals surface area contributed by atoms with Gasteiger partial charge >= 0.3 is 12.0 Å². The van der Waals surface area contributed by atoms with E-state index in [2.05, 4.69) is 15.6 Å². The molecule has 0 saturated heterocycles. The highest BCUT2D eigenvalue weighted by Crippen LogP contribution is 2.07. The van der Waals surface area contributed by atoms with Gasteiger partial charge in [-0.25, -0.2) is 14.6 Å². The smallest absolute Gasteiger partial charge is 0.326 e. The number of nitrogens with zero attached hydrogens (tertiary/aromatic N) is 1. The lowest BCUT2D eigenvalue weighted by molar-refractivity contribution is -0.139. The summed E-state index contributed by atoms with van der Waals surface area (Å²) in [6.45, 7) is 2.36. The Morgan fingerprint density at radius 1 is 1.55 bits per heavy atom. The molecular weight excluding hydrogens is 298 g/mol. The SMILES string of the molecule is CSCCC(NC(=O)NCCc1csc(C)n1)C(=O)O. The second kappa shape index (κ2) is 8.80. The Kier molecular flexibility index (Phi) is 7.38. The minimum absolute atomic E-state index is 0.412. The number of thiazole rings is 1. The maximum atomic E-state index is 11.6. The molecule has 1 aromatic rings. The molecule has 0 aromatic carbocycles. The van der Waals surface area contributed by atoms with Crippen LogP contribution in [0.2, 0.25) is 0 Å². The molecule has 0 saturated carbocycles. The highest BCUT2D eigenvalue weighted by atomic mass is 32.2. The Labute approximate surface area is 126 Å². The van der Waals surface area contributed by atoms with E-state index < -0.39 is 18.0 Å². The molecule has 0 spiro atoms. The number of carboxylic acid groups (broad SMARTS) is 1. The van der Waals surface area contributed by atoms with Crippen LogP contribution >= 0.6 is 23.1 Å². The molecule has 112 valence electrons. The lowest BCUT2D eigenvalue weighted by atomic mass is 10.2. The van der Waals surface area contributed by atoms with Crippen molar-refractivity contribution in [2.45, 2.75) is 25.8 Å². The van der Waals surface area contributed by atoms with Crippen LogP contribution in [-0.2, 0) is 11.2 Å². The van der Waals surface area contributed by atoms with Crippen molar-refractivity contribution in [2.24, 2.45) is 0 Å². The Hall–Kier alpha value is -1.28. The summed E-state index contributed by atoms with van der Waals surface area (Å²) in [4.78, 5) is 26.9. The second-order valence-corrected chi connectivity index (χ2v) is 6.23. The fourth-order valence-electron chi connectivity index (χ4n) is 1.53. The van der Waals surface area contributed by atoms with Gasteiger partial charge in [-0.15, -0.1) is 11.3 Å². The van der Waals surface area contributed by atoms with Gasteiger partial charge in [0.15, 0.2) is 0 Å². The summed E-state index contributed by atoms with van der Waals surface area (Å²) in [5.41, 5.74) is 0.935. The lowest BCUT2D eigenvalue weighted by Gasteiger charge is -2.14. The van der Waals surface area contributed by atoms with Crippen molar-refractivity contribution in [2.75, 3.05) is 18.6 Å². The van der Waals surface area contributed by atoms with E-state index in [1.165, 1.54) is 0 Å². The number of aromatic nitrogens is 1. The predicted molar refractivity (Wildman–Crippen MR) is 81.5 cm³/mol. The van der Waals surface area contributed by atoms with Gasteiger partial charge in [-0.3, -0.25) is 0 Å². The molecule has 20 heavy (non-hydrogen) atoms. The van der Waals surface area contributed by atoms with E-state index in [1.807, 2.05) is 18.6 Å². The lowest BCUT2D eigenvalue weighted by Crippen LogP contribution is -2.46. The third-order valence-corrected chi connectivity index (χ3v) is 4.01. The van der Waals surface area contributed by atoms with Gasteiger partial charge in [-0.1, -0.05) is 0 Å². The standard InChI is InChI=1S/C12H19N3O3S2/c1-8-14-9(7-20-8)3-5-13-12(18)15-10(11(16)17)4-6-19-2/h7,10H,3-6H2,1-2H3,(H,16,17)(H2,13,15,18). The van der Waals surface area contributed by atoms with Gasteiger partial charge in [0.1, 0.15) is 6.04 Å². The first-order chi connectivity index (χ1) is 9.52. The number of nitrogens with one attached hydrogen (secondary N) is 2. The number of amides is 2. The first-order valence-electron chi connectivity index (χ1n) is 6.20. The molecule has 0 radical (unpaired) electrons. The van der Waals surface area contributed by atoms with Gasteiger partial charge in [0.25, 0.3) is 0 Å². The largest absolute Gasteiger partial charge is 0.480 e.